The van der Waals surface area contributed by atoms with Crippen molar-refractivity contribution in [3.8, 4) is 0 Å². The lowest BCUT2D eigenvalue weighted by molar-refractivity contribution is -0.143. The molecule has 1 aliphatic rings. The summed E-state index contributed by atoms with van der Waals surface area (Å²) in [6.45, 7) is 6.40. The summed E-state index contributed by atoms with van der Waals surface area (Å²) in [7, 11) is 0. The standard InChI is InChI=1S/C28H31F6N7O2/c1-26(2,3)18-8-10-22(11-9-18)41(15-16-4-6-17(7-5-16)23(42)36-24-37-39-40-38-24)25(43)35-21-13-19(27(29,30)31)12-20(14-21)28(32,33)34/h4-7,12-14,18,22H,8-11,15H2,1-3H3,(H,35,43)(H2,36,37,38,39,40,42)/t18-,22-. The van der Waals surface area contributed by atoms with Crippen molar-refractivity contribution >= 4 is 23.6 Å². The molecule has 232 valence electrons. The zero-order chi connectivity index (χ0) is 31.6. The Kier molecular flexibility index (Phi) is 9.02. The van der Waals surface area contributed by atoms with E-state index in [1.165, 1.54) is 17.0 Å². The quantitative estimate of drug-likeness (QED) is 0.257. The number of alkyl halides is 6. The van der Waals surface area contributed by atoms with Gasteiger partial charge in [0.05, 0.1) is 11.1 Å². The number of nitrogens with one attached hydrogen (secondary N) is 3. The highest BCUT2D eigenvalue weighted by Crippen LogP contribution is 2.40. The largest absolute Gasteiger partial charge is 0.416 e. The van der Waals surface area contributed by atoms with E-state index >= 15 is 0 Å². The molecule has 0 saturated heterocycles. The van der Waals surface area contributed by atoms with Crippen LogP contribution in [0.5, 0.6) is 0 Å². The number of halogens is 6. The molecular formula is C28H31F6N7O2. The topological polar surface area (TPSA) is 116 Å². The van der Waals surface area contributed by atoms with E-state index in [4.69, 9.17) is 0 Å². The van der Waals surface area contributed by atoms with Gasteiger partial charge in [0, 0.05) is 23.8 Å². The fourth-order valence-electron chi connectivity index (χ4n) is 5.19. The van der Waals surface area contributed by atoms with Crippen molar-refractivity contribution in [1.82, 2.24) is 25.5 Å². The Morgan fingerprint density at radius 1 is 0.884 bits per heavy atom. The lowest BCUT2D eigenvalue weighted by atomic mass is 9.71. The fourth-order valence-corrected chi connectivity index (χ4v) is 5.19. The monoisotopic (exact) mass is 611 g/mol. The van der Waals surface area contributed by atoms with Crippen molar-refractivity contribution < 1.29 is 35.9 Å². The van der Waals surface area contributed by atoms with Crippen LogP contribution in [0.4, 0.5) is 42.8 Å². The molecule has 1 aromatic heterocycles. The van der Waals surface area contributed by atoms with E-state index < -0.39 is 41.1 Å². The molecule has 0 unspecified atom stereocenters. The molecule has 0 atom stereocenters. The van der Waals surface area contributed by atoms with E-state index in [9.17, 15) is 35.9 Å². The van der Waals surface area contributed by atoms with E-state index in [2.05, 4.69) is 52.0 Å². The SMILES string of the molecule is CC(C)(C)[C@H]1CC[C@H](N(Cc2ccc(C(=O)Nc3nn[nH]n3)cc2)C(=O)Nc2cc(C(F)(F)F)cc(C(F)(F)F)c2)CC1. The van der Waals surface area contributed by atoms with Crippen LogP contribution in [-0.2, 0) is 18.9 Å². The molecule has 1 fully saturated rings. The number of hydrogen-bond donors (Lipinski definition) is 3. The summed E-state index contributed by atoms with van der Waals surface area (Å²) >= 11 is 0. The second kappa shape index (κ2) is 12.2. The number of aromatic nitrogens is 4. The lowest BCUT2D eigenvalue weighted by Crippen LogP contribution is -2.45. The molecular weight excluding hydrogens is 580 g/mol. The highest BCUT2D eigenvalue weighted by Gasteiger charge is 2.38. The molecule has 15 heteroatoms. The van der Waals surface area contributed by atoms with Crippen molar-refractivity contribution in [3.05, 3.63) is 64.7 Å². The van der Waals surface area contributed by atoms with Crippen LogP contribution >= 0.6 is 0 Å². The number of H-pyrrole nitrogens is 1. The summed E-state index contributed by atoms with van der Waals surface area (Å²) in [4.78, 5) is 27.4. The first-order valence-electron chi connectivity index (χ1n) is 13.5. The predicted molar refractivity (Wildman–Crippen MR) is 145 cm³/mol. The maximum atomic E-state index is 13.5. The molecule has 9 nitrogen and oxygen atoms in total. The van der Waals surface area contributed by atoms with E-state index in [-0.39, 0.29) is 35.6 Å². The minimum Gasteiger partial charge on any atom is -0.317 e. The van der Waals surface area contributed by atoms with Crippen LogP contribution < -0.4 is 10.6 Å². The molecule has 4 rings (SSSR count). The van der Waals surface area contributed by atoms with Gasteiger partial charge in [-0.25, -0.2) is 4.79 Å². The van der Waals surface area contributed by atoms with Crippen LogP contribution in [0.25, 0.3) is 0 Å². The van der Waals surface area contributed by atoms with Crippen LogP contribution in [-0.4, -0.2) is 43.5 Å². The molecule has 43 heavy (non-hydrogen) atoms. The molecule has 3 amide bonds. The third kappa shape index (κ3) is 8.23. The molecule has 0 bridgehead atoms. The average Bonchev–Trinajstić information content (AvgIpc) is 3.43. The van der Waals surface area contributed by atoms with Gasteiger partial charge in [-0.15, -0.1) is 5.10 Å². The van der Waals surface area contributed by atoms with Gasteiger partial charge in [0.15, 0.2) is 0 Å². The molecule has 3 aromatic rings. The number of aromatic amines is 1. The van der Waals surface area contributed by atoms with Crippen molar-refractivity contribution in [1.29, 1.82) is 0 Å². The summed E-state index contributed by atoms with van der Waals surface area (Å²) in [6, 6.07) is 6.09. The van der Waals surface area contributed by atoms with E-state index in [0.29, 0.717) is 36.5 Å². The fraction of sp³-hybridized carbons (Fsp3) is 0.464. The van der Waals surface area contributed by atoms with Crippen molar-refractivity contribution in [2.75, 3.05) is 10.6 Å². The molecule has 1 heterocycles. The number of anilines is 2. The highest BCUT2D eigenvalue weighted by atomic mass is 19.4. The van der Waals surface area contributed by atoms with Gasteiger partial charge < -0.3 is 10.2 Å². The summed E-state index contributed by atoms with van der Waals surface area (Å²) in [5.41, 5.74) is -2.76. The van der Waals surface area contributed by atoms with Gasteiger partial charge in [0.1, 0.15) is 0 Å². The number of benzene rings is 2. The van der Waals surface area contributed by atoms with E-state index in [1.807, 2.05) is 0 Å². The third-order valence-corrected chi connectivity index (χ3v) is 7.60. The Hall–Kier alpha value is -4.17. The number of carbonyl (C=O) groups is 2. The van der Waals surface area contributed by atoms with Crippen LogP contribution in [0.1, 0.15) is 73.5 Å². The van der Waals surface area contributed by atoms with Gasteiger partial charge in [-0.2, -0.15) is 31.6 Å². The Labute approximate surface area is 243 Å². The first kappa shape index (κ1) is 31.8. The Morgan fingerprint density at radius 2 is 1.47 bits per heavy atom. The van der Waals surface area contributed by atoms with Gasteiger partial charge >= 0.3 is 18.4 Å². The average molecular weight is 612 g/mol. The number of amides is 3. The van der Waals surface area contributed by atoms with E-state index in [1.54, 1.807) is 12.1 Å². The number of hydrogen-bond acceptors (Lipinski definition) is 5. The Bertz CT molecular complexity index is 1380. The summed E-state index contributed by atoms with van der Waals surface area (Å²) in [5, 5.41) is 17.6. The smallest absolute Gasteiger partial charge is 0.317 e. The summed E-state index contributed by atoms with van der Waals surface area (Å²) in [5.74, 6) is -0.136. The first-order valence-corrected chi connectivity index (χ1v) is 13.5. The Morgan fingerprint density at radius 3 is 1.95 bits per heavy atom. The van der Waals surface area contributed by atoms with Gasteiger partial charge in [-0.05, 0) is 78.1 Å². The van der Waals surface area contributed by atoms with Crippen LogP contribution in [0.3, 0.4) is 0 Å². The minimum absolute atomic E-state index is 0.00845. The zero-order valence-electron chi connectivity index (χ0n) is 23.6. The highest BCUT2D eigenvalue weighted by molar-refractivity contribution is 6.03. The Balaban J connectivity index is 1.58. The third-order valence-electron chi connectivity index (χ3n) is 7.60. The van der Waals surface area contributed by atoms with Gasteiger partial charge in [0.25, 0.3) is 11.9 Å². The molecule has 0 spiro atoms. The summed E-state index contributed by atoms with van der Waals surface area (Å²) in [6.07, 6.45) is -7.29. The van der Waals surface area contributed by atoms with Crippen LogP contribution in [0.2, 0.25) is 0 Å². The molecule has 0 aliphatic heterocycles. The van der Waals surface area contributed by atoms with Crippen molar-refractivity contribution in [3.63, 3.8) is 0 Å². The molecule has 0 radical (unpaired) electrons. The van der Waals surface area contributed by atoms with Crippen LogP contribution in [0, 0.1) is 11.3 Å². The van der Waals surface area contributed by atoms with Gasteiger partial charge in [-0.3, -0.25) is 10.1 Å². The number of nitrogens with zero attached hydrogens (tertiary/aromatic N) is 4. The second-order valence-electron chi connectivity index (χ2n) is 11.6. The zero-order valence-corrected chi connectivity index (χ0v) is 23.6. The number of rotatable bonds is 6. The van der Waals surface area contributed by atoms with E-state index in [0.717, 1.165) is 12.8 Å². The number of urea groups is 1. The van der Waals surface area contributed by atoms with Crippen LogP contribution in [0.15, 0.2) is 42.5 Å². The maximum Gasteiger partial charge on any atom is 0.416 e. The molecule has 2 aromatic carbocycles. The lowest BCUT2D eigenvalue weighted by Gasteiger charge is -2.41. The minimum atomic E-state index is -5.05. The molecule has 1 aliphatic carbocycles. The first-order chi connectivity index (χ1) is 20.0. The van der Waals surface area contributed by atoms with Gasteiger partial charge in [-0.1, -0.05) is 38.0 Å². The molecule has 1 saturated carbocycles. The molecule has 3 N–H and O–H groups in total. The number of carbonyl (C=O) groups excluding carboxylic acids is 2. The normalized spacial score (nSPS) is 17.8. The van der Waals surface area contributed by atoms with Crippen molar-refractivity contribution in [2.24, 2.45) is 11.3 Å². The van der Waals surface area contributed by atoms with Gasteiger partial charge in [0.2, 0.25) is 0 Å². The maximum absolute atomic E-state index is 13.5. The van der Waals surface area contributed by atoms with Crippen molar-refractivity contribution in [2.45, 2.75) is 71.4 Å². The summed E-state index contributed by atoms with van der Waals surface area (Å²) < 4.78 is 80.4. The number of tetrazole rings is 1. The predicted octanol–water partition coefficient (Wildman–Crippen LogP) is 7.13. The second-order valence-corrected chi connectivity index (χ2v) is 11.6.